The lowest BCUT2D eigenvalue weighted by molar-refractivity contribution is 0.522. The summed E-state index contributed by atoms with van der Waals surface area (Å²) in [4.78, 5) is 0. The topological polar surface area (TPSA) is 43.8 Å². The lowest BCUT2D eigenvalue weighted by atomic mass is 10.0. The molecule has 0 aliphatic heterocycles. The molecule has 1 aromatic rings. The molecule has 2 rings (SSSR count). The molecule has 0 aromatic carbocycles. The van der Waals surface area contributed by atoms with E-state index in [1.165, 1.54) is 31.4 Å². The Labute approximate surface area is 78.9 Å². The third kappa shape index (κ3) is 1.69. The molecule has 3 nitrogen and oxygen atoms in total. The highest BCUT2D eigenvalue weighted by molar-refractivity contribution is 5.40. The van der Waals surface area contributed by atoms with Crippen LogP contribution in [0.4, 0.5) is 5.69 Å². The molecule has 13 heavy (non-hydrogen) atoms. The number of hydrogen-bond donors (Lipinski definition) is 1. The Morgan fingerprint density at radius 2 is 2.23 bits per heavy atom. The van der Waals surface area contributed by atoms with Crippen molar-refractivity contribution < 1.29 is 0 Å². The minimum atomic E-state index is 0.845. The second-order valence-electron chi connectivity index (χ2n) is 4.02. The molecule has 72 valence electrons. The van der Waals surface area contributed by atoms with Crippen LogP contribution in [0.25, 0.3) is 0 Å². The monoisotopic (exact) mass is 179 g/mol. The normalized spacial score (nSPS) is 18.2. The fourth-order valence-corrected chi connectivity index (χ4v) is 2.22. The van der Waals surface area contributed by atoms with E-state index in [0.717, 1.165) is 18.0 Å². The summed E-state index contributed by atoms with van der Waals surface area (Å²) in [5.74, 6) is 0.845. The summed E-state index contributed by atoms with van der Waals surface area (Å²) in [6.07, 6.45) is 8.38. The zero-order valence-corrected chi connectivity index (χ0v) is 8.16. The van der Waals surface area contributed by atoms with Crippen molar-refractivity contribution in [1.29, 1.82) is 0 Å². The summed E-state index contributed by atoms with van der Waals surface area (Å²) in [6, 6.07) is 0. The number of nitrogen functional groups attached to an aromatic ring is 1. The highest BCUT2D eigenvalue weighted by Gasteiger charge is 2.18. The zero-order chi connectivity index (χ0) is 9.26. The first-order valence-electron chi connectivity index (χ1n) is 5.03. The van der Waals surface area contributed by atoms with Gasteiger partial charge in [0.25, 0.3) is 0 Å². The number of nitrogens with zero attached hydrogens (tertiary/aromatic N) is 2. The average Bonchev–Trinajstić information content (AvgIpc) is 2.70. The van der Waals surface area contributed by atoms with Crippen LogP contribution in [0.5, 0.6) is 0 Å². The third-order valence-electron chi connectivity index (χ3n) is 3.05. The van der Waals surface area contributed by atoms with Crippen LogP contribution in [0.3, 0.4) is 0 Å². The van der Waals surface area contributed by atoms with Crippen LogP contribution < -0.4 is 5.73 Å². The molecule has 3 heteroatoms. The molecule has 1 heterocycles. The smallest absolute Gasteiger partial charge is 0.0733 e. The minimum Gasteiger partial charge on any atom is -0.396 e. The summed E-state index contributed by atoms with van der Waals surface area (Å²) in [7, 11) is 1.97. The van der Waals surface area contributed by atoms with Gasteiger partial charge in [0.05, 0.1) is 17.6 Å². The van der Waals surface area contributed by atoms with Crippen LogP contribution in [0.1, 0.15) is 31.4 Å². The van der Waals surface area contributed by atoms with Crippen LogP contribution in [0, 0.1) is 5.92 Å². The van der Waals surface area contributed by atoms with Gasteiger partial charge in [-0.05, 0) is 12.3 Å². The van der Waals surface area contributed by atoms with Crippen molar-refractivity contribution in [3.63, 3.8) is 0 Å². The molecule has 1 fully saturated rings. The highest BCUT2D eigenvalue weighted by atomic mass is 15.3. The predicted octanol–water partition coefficient (Wildman–Crippen LogP) is 1.74. The van der Waals surface area contributed by atoms with E-state index in [0.29, 0.717) is 0 Å². The molecule has 0 unspecified atom stereocenters. The second-order valence-corrected chi connectivity index (χ2v) is 4.02. The third-order valence-corrected chi connectivity index (χ3v) is 3.05. The van der Waals surface area contributed by atoms with Gasteiger partial charge in [-0.1, -0.05) is 25.7 Å². The van der Waals surface area contributed by atoms with Crippen LogP contribution in [-0.4, -0.2) is 9.78 Å². The van der Waals surface area contributed by atoms with Gasteiger partial charge < -0.3 is 5.73 Å². The van der Waals surface area contributed by atoms with Crippen molar-refractivity contribution in [2.45, 2.75) is 32.1 Å². The number of hydrogen-bond acceptors (Lipinski definition) is 2. The lowest BCUT2D eigenvalue weighted by Gasteiger charge is -2.09. The Hall–Kier alpha value is -0.990. The summed E-state index contributed by atoms with van der Waals surface area (Å²) < 4.78 is 1.91. The zero-order valence-electron chi connectivity index (χ0n) is 8.16. The maximum absolute atomic E-state index is 5.84. The molecule has 1 aliphatic carbocycles. The summed E-state index contributed by atoms with van der Waals surface area (Å²) in [5.41, 5.74) is 7.91. The van der Waals surface area contributed by atoms with Gasteiger partial charge in [0, 0.05) is 7.05 Å². The Bertz CT molecular complexity index is 265. The number of aromatic nitrogens is 2. The van der Waals surface area contributed by atoms with Crippen molar-refractivity contribution in [2.24, 2.45) is 13.0 Å². The van der Waals surface area contributed by atoms with E-state index in [9.17, 15) is 0 Å². The fraction of sp³-hybridized carbons (Fsp3) is 0.700. The number of anilines is 1. The summed E-state index contributed by atoms with van der Waals surface area (Å²) in [5, 5.41) is 4.15. The van der Waals surface area contributed by atoms with E-state index in [1.54, 1.807) is 6.20 Å². The average molecular weight is 179 g/mol. The highest BCUT2D eigenvalue weighted by Crippen LogP contribution is 2.29. The van der Waals surface area contributed by atoms with Crippen molar-refractivity contribution in [2.75, 3.05) is 5.73 Å². The standard InChI is InChI=1S/C10H17N3/c1-13-10(9(11)7-12-13)6-8-4-2-3-5-8/h7-8H,2-6,11H2,1H3. The summed E-state index contributed by atoms with van der Waals surface area (Å²) in [6.45, 7) is 0. The van der Waals surface area contributed by atoms with E-state index in [2.05, 4.69) is 5.10 Å². The molecule has 0 bridgehead atoms. The van der Waals surface area contributed by atoms with Crippen molar-refractivity contribution in [1.82, 2.24) is 9.78 Å². The molecule has 0 saturated heterocycles. The predicted molar refractivity (Wildman–Crippen MR) is 53.3 cm³/mol. The Morgan fingerprint density at radius 1 is 1.54 bits per heavy atom. The van der Waals surface area contributed by atoms with Crippen molar-refractivity contribution >= 4 is 5.69 Å². The second kappa shape index (κ2) is 3.40. The SMILES string of the molecule is Cn1ncc(N)c1CC1CCCC1. The molecular weight excluding hydrogens is 162 g/mol. The van der Waals surface area contributed by atoms with Crippen LogP contribution in [0.15, 0.2) is 6.20 Å². The number of nitrogens with two attached hydrogens (primary N) is 1. The Morgan fingerprint density at radius 3 is 2.77 bits per heavy atom. The first-order chi connectivity index (χ1) is 6.27. The van der Waals surface area contributed by atoms with Gasteiger partial charge in [-0.25, -0.2) is 0 Å². The molecule has 2 N–H and O–H groups in total. The van der Waals surface area contributed by atoms with Crippen molar-refractivity contribution in [3.05, 3.63) is 11.9 Å². The van der Waals surface area contributed by atoms with E-state index < -0.39 is 0 Å². The number of aryl methyl sites for hydroxylation is 1. The molecule has 0 amide bonds. The van der Waals surface area contributed by atoms with Gasteiger partial charge in [-0.2, -0.15) is 5.10 Å². The molecular formula is C10H17N3. The van der Waals surface area contributed by atoms with Gasteiger partial charge in [-0.15, -0.1) is 0 Å². The minimum absolute atomic E-state index is 0.845. The van der Waals surface area contributed by atoms with Gasteiger partial charge in [0.1, 0.15) is 0 Å². The Kier molecular flexibility index (Phi) is 2.25. The fourth-order valence-electron chi connectivity index (χ4n) is 2.22. The molecule has 0 radical (unpaired) electrons. The summed E-state index contributed by atoms with van der Waals surface area (Å²) >= 11 is 0. The lowest BCUT2D eigenvalue weighted by Crippen LogP contribution is -2.06. The molecule has 1 aromatic heterocycles. The van der Waals surface area contributed by atoms with E-state index >= 15 is 0 Å². The molecule has 0 spiro atoms. The molecule has 1 saturated carbocycles. The first-order valence-corrected chi connectivity index (χ1v) is 5.03. The van der Waals surface area contributed by atoms with Crippen molar-refractivity contribution in [3.8, 4) is 0 Å². The number of rotatable bonds is 2. The Balaban J connectivity index is 2.07. The maximum atomic E-state index is 5.84. The van der Waals surface area contributed by atoms with Gasteiger partial charge in [0.15, 0.2) is 0 Å². The molecule has 1 aliphatic rings. The van der Waals surface area contributed by atoms with Gasteiger partial charge in [0.2, 0.25) is 0 Å². The van der Waals surface area contributed by atoms with Crippen LogP contribution in [-0.2, 0) is 13.5 Å². The van der Waals surface area contributed by atoms with E-state index in [4.69, 9.17) is 5.73 Å². The maximum Gasteiger partial charge on any atom is 0.0733 e. The first kappa shape index (κ1) is 8.60. The van der Waals surface area contributed by atoms with Gasteiger partial charge >= 0.3 is 0 Å². The van der Waals surface area contributed by atoms with Crippen LogP contribution >= 0.6 is 0 Å². The van der Waals surface area contributed by atoms with E-state index in [-0.39, 0.29) is 0 Å². The van der Waals surface area contributed by atoms with Gasteiger partial charge in [-0.3, -0.25) is 4.68 Å². The van der Waals surface area contributed by atoms with Crippen LogP contribution in [0.2, 0.25) is 0 Å². The molecule has 0 atom stereocenters. The van der Waals surface area contributed by atoms with E-state index in [1.807, 2.05) is 11.7 Å². The quantitative estimate of drug-likeness (QED) is 0.751. The largest absolute Gasteiger partial charge is 0.396 e.